The van der Waals surface area contributed by atoms with Crippen molar-refractivity contribution in [3.63, 3.8) is 0 Å². The highest BCUT2D eigenvalue weighted by Crippen LogP contribution is 2.21. The van der Waals surface area contributed by atoms with E-state index in [9.17, 15) is 24.1 Å². The van der Waals surface area contributed by atoms with Crippen LogP contribution in [0.15, 0.2) is 18.2 Å². The Balaban J connectivity index is 2.83. The zero-order chi connectivity index (χ0) is 14.6. The Labute approximate surface area is 106 Å². The minimum absolute atomic E-state index is 0.00183. The van der Waals surface area contributed by atoms with Gasteiger partial charge in [-0.25, -0.2) is 0 Å². The van der Waals surface area contributed by atoms with Crippen molar-refractivity contribution >= 4 is 23.2 Å². The van der Waals surface area contributed by atoms with E-state index in [0.29, 0.717) is 0 Å². The van der Waals surface area contributed by atoms with Gasteiger partial charge in [0.05, 0.1) is 17.4 Å². The first-order valence-electron chi connectivity index (χ1n) is 5.10. The fraction of sp³-hybridized carbons (Fsp3) is 0.200. The van der Waals surface area contributed by atoms with Gasteiger partial charge in [0.15, 0.2) is 0 Å². The second-order valence-electron chi connectivity index (χ2n) is 3.69. The van der Waals surface area contributed by atoms with Gasteiger partial charge in [-0.2, -0.15) is 4.39 Å². The number of rotatable bonds is 5. The van der Waals surface area contributed by atoms with E-state index in [1.807, 2.05) is 0 Å². The smallest absolute Gasteiger partial charge is 0.306 e. The van der Waals surface area contributed by atoms with Crippen LogP contribution in [0.3, 0.4) is 0 Å². The fourth-order valence-electron chi connectivity index (χ4n) is 1.27. The number of nitro benzene ring substituents is 1. The van der Waals surface area contributed by atoms with E-state index in [4.69, 9.17) is 11.5 Å². The third-order valence-corrected chi connectivity index (χ3v) is 2.17. The number of nitrogens with zero attached hydrogens (tertiary/aromatic N) is 1. The number of hydrogen-bond donors (Lipinski definition) is 3. The van der Waals surface area contributed by atoms with E-state index in [1.165, 1.54) is 0 Å². The molecule has 0 saturated carbocycles. The average Bonchev–Trinajstić information content (AvgIpc) is 2.30. The molecule has 1 aromatic carbocycles. The molecule has 9 heteroatoms. The second kappa shape index (κ2) is 5.87. The van der Waals surface area contributed by atoms with Crippen LogP contribution in [0.2, 0.25) is 0 Å². The molecule has 1 rings (SSSR count). The molecule has 0 aliphatic heterocycles. The van der Waals surface area contributed by atoms with Crippen molar-refractivity contribution in [2.45, 2.75) is 12.5 Å². The maximum Gasteiger partial charge on any atom is 0.306 e. The molecule has 0 aromatic heterocycles. The number of benzene rings is 1. The molecular weight excluding hydrogens is 259 g/mol. The van der Waals surface area contributed by atoms with Crippen molar-refractivity contribution in [3.05, 3.63) is 34.1 Å². The summed E-state index contributed by atoms with van der Waals surface area (Å²) in [6.07, 6.45) is -0.366. The van der Waals surface area contributed by atoms with E-state index in [2.05, 4.69) is 5.32 Å². The molecular formula is C10H11FN4O4. The van der Waals surface area contributed by atoms with E-state index in [-0.39, 0.29) is 12.1 Å². The van der Waals surface area contributed by atoms with Crippen LogP contribution >= 0.6 is 0 Å². The highest BCUT2D eigenvalue weighted by atomic mass is 19.1. The van der Waals surface area contributed by atoms with Crippen LogP contribution in [0.1, 0.15) is 6.42 Å². The van der Waals surface area contributed by atoms with Crippen molar-refractivity contribution in [2.24, 2.45) is 11.5 Å². The number of nitrogens with two attached hydrogens (primary N) is 2. The lowest BCUT2D eigenvalue weighted by Crippen LogP contribution is -2.39. The van der Waals surface area contributed by atoms with Crippen molar-refractivity contribution in [1.29, 1.82) is 0 Å². The molecule has 0 saturated heterocycles. The average molecular weight is 270 g/mol. The Hall–Kier alpha value is -2.55. The first kappa shape index (κ1) is 14.5. The monoisotopic (exact) mass is 270 g/mol. The summed E-state index contributed by atoms with van der Waals surface area (Å²) in [6, 6.07) is 1.65. The predicted octanol–water partition coefficient (Wildman–Crippen LogP) is -0.125. The van der Waals surface area contributed by atoms with Crippen LogP contribution in [-0.2, 0) is 9.59 Å². The number of nitro groups is 1. The van der Waals surface area contributed by atoms with Crippen LogP contribution < -0.4 is 16.8 Å². The molecule has 0 radical (unpaired) electrons. The highest BCUT2D eigenvalue weighted by Gasteiger charge is 2.19. The van der Waals surface area contributed by atoms with E-state index in [0.717, 1.165) is 18.2 Å². The number of carbonyl (C=O) groups is 2. The van der Waals surface area contributed by atoms with Crippen molar-refractivity contribution < 1.29 is 18.9 Å². The minimum atomic E-state index is -1.18. The molecule has 8 nitrogen and oxygen atoms in total. The molecule has 1 unspecified atom stereocenters. The summed E-state index contributed by atoms with van der Waals surface area (Å²) in [6.45, 7) is 0. The van der Waals surface area contributed by atoms with Crippen LogP contribution in [-0.4, -0.2) is 22.8 Å². The van der Waals surface area contributed by atoms with Gasteiger partial charge in [-0.1, -0.05) is 0 Å². The molecule has 1 aromatic rings. The standard InChI is InChI=1S/C10H11FN4O4/c11-6-2-1-5(3-8(6)15(18)19)14-10(17)7(12)4-9(13)16/h1-3,7H,4,12H2,(H2,13,16)(H,14,17). The van der Waals surface area contributed by atoms with Crippen molar-refractivity contribution in [1.82, 2.24) is 0 Å². The van der Waals surface area contributed by atoms with Gasteiger partial charge in [0.2, 0.25) is 17.6 Å². The summed E-state index contributed by atoms with van der Waals surface area (Å²) < 4.78 is 13.0. The van der Waals surface area contributed by atoms with Crippen LogP contribution in [0.25, 0.3) is 0 Å². The number of primary amides is 1. The molecule has 0 spiro atoms. The summed E-state index contributed by atoms with van der Waals surface area (Å²) in [5.74, 6) is -2.53. The number of halogens is 1. The number of amides is 2. The van der Waals surface area contributed by atoms with Gasteiger partial charge in [-0.3, -0.25) is 19.7 Å². The molecule has 0 aliphatic rings. The molecule has 0 heterocycles. The topological polar surface area (TPSA) is 141 Å². The molecule has 0 bridgehead atoms. The van der Waals surface area contributed by atoms with Crippen LogP contribution in [0, 0.1) is 15.9 Å². The number of anilines is 1. The van der Waals surface area contributed by atoms with Crippen LogP contribution in [0.5, 0.6) is 0 Å². The van der Waals surface area contributed by atoms with E-state index < -0.39 is 34.3 Å². The van der Waals surface area contributed by atoms with Gasteiger partial charge in [0, 0.05) is 11.8 Å². The summed E-state index contributed by atoms with van der Waals surface area (Å²) >= 11 is 0. The quantitative estimate of drug-likeness (QED) is 0.505. The zero-order valence-electron chi connectivity index (χ0n) is 9.63. The lowest BCUT2D eigenvalue weighted by atomic mass is 10.2. The van der Waals surface area contributed by atoms with Crippen molar-refractivity contribution in [3.8, 4) is 0 Å². The fourth-order valence-corrected chi connectivity index (χ4v) is 1.27. The summed E-state index contributed by atoms with van der Waals surface area (Å²) in [5.41, 5.74) is 9.46. The highest BCUT2D eigenvalue weighted by molar-refractivity contribution is 5.97. The first-order chi connectivity index (χ1) is 8.81. The lowest BCUT2D eigenvalue weighted by molar-refractivity contribution is -0.387. The maximum absolute atomic E-state index is 13.0. The Morgan fingerprint density at radius 3 is 2.63 bits per heavy atom. The van der Waals surface area contributed by atoms with Gasteiger partial charge in [-0.15, -0.1) is 0 Å². The Morgan fingerprint density at radius 2 is 2.11 bits per heavy atom. The number of hydrogen-bond acceptors (Lipinski definition) is 5. The Morgan fingerprint density at radius 1 is 1.47 bits per heavy atom. The zero-order valence-corrected chi connectivity index (χ0v) is 9.63. The van der Waals surface area contributed by atoms with Gasteiger partial charge in [-0.05, 0) is 12.1 Å². The molecule has 102 valence electrons. The van der Waals surface area contributed by atoms with E-state index >= 15 is 0 Å². The van der Waals surface area contributed by atoms with E-state index in [1.54, 1.807) is 0 Å². The third kappa shape index (κ3) is 4.00. The minimum Gasteiger partial charge on any atom is -0.370 e. The second-order valence-corrected chi connectivity index (χ2v) is 3.69. The predicted molar refractivity (Wildman–Crippen MR) is 63.5 cm³/mol. The number of nitrogens with one attached hydrogen (secondary N) is 1. The summed E-state index contributed by atoms with van der Waals surface area (Å²) in [5, 5.41) is 12.7. The molecule has 2 amide bonds. The largest absolute Gasteiger partial charge is 0.370 e. The molecule has 0 fully saturated rings. The maximum atomic E-state index is 13.0. The van der Waals surface area contributed by atoms with Crippen LogP contribution in [0.4, 0.5) is 15.8 Å². The normalized spacial score (nSPS) is 11.7. The molecule has 5 N–H and O–H groups in total. The number of carbonyl (C=O) groups excluding carboxylic acids is 2. The van der Waals surface area contributed by atoms with Gasteiger partial charge in [0.1, 0.15) is 0 Å². The first-order valence-corrected chi connectivity index (χ1v) is 5.10. The van der Waals surface area contributed by atoms with Gasteiger partial charge in [0.25, 0.3) is 0 Å². The SMILES string of the molecule is NC(=O)CC(N)C(=O)Nc1ccc(F)c([N+](=O)[O-])c1. The van der Waals surface area contributed by atoms with Gasteiger partial charge >= 0.3 is 5.69 Å². The molecule has 0 aliphatic carbocycles. The Bertz CT molecular complexity index is 534. The lowest BCUT2D eigenvalue weighted by Gasteiger charge is -2.10. The summed E-state index contributed by atoms with van der Waals surface area (Å²) in [7, 11) is 0. The summed E-state index contributed by atoms with van der Waals surface area (Å²) in [4.78, 5) is 31.7. The Kier molecular flexibility index (Phi) is 4.48. The molecule has 1 atom stereocenters. The molecule has 19 heavy (non-hydrogen) atoms. The van der Waals surface area contributed by atoms with Gasteiger partial charge < -0.3 is 16.8 Å². The third-order valence-electron chi connectivity index (χ3n) is 2.17. The van der Waals surface area contributed by atoms with Crippen molar-refractivity contribution in [2.75, 3.05) is 5.32 Å².